The van der Waals surface area contributed by atoms with Gasteiger partial charge in [0.2, 0.25) is 0 Å². The summed E-state index contributed by atoms with van der Waals surface area (Å²) in [7, 11) is 1.66. The normalized spacial score (nSPS) is 10.5. The highest BCUT2D eigenvalue weighted by atomic mass is 16.5. The van der Waals surface area contributed by atoms with Gasteiger partial charge in [-0.05, 0) is 38.3 Å². The van der Waals surface area contributed by atoms with Gasteiger partial charge in [-0.2, -0.15) is 0 Å². The van der Waals surface area contributed by atoms with Crippen molar-refractivity contribution in [2.24, 2.45) is 0 Å². The molecule has 1 heterocycles. The fourth-order valence-electron chi connectivity index (χ4n) is 2.67. The van der Waals surface area contributed by atoms with E-state index in [9.17, 15) is 0 Å². The lowest BCUT2D eigenvalue weighted by Crippen LogP contribution is -2.06. The zero-order valence-corrected chi connectivity index (χ0v) is 13.4. The minimum atomic E-state index is 0.709. The fourth-order valence-corrected chi connectivity index (χ4v) is 2.67. The molecule has 1 N–H and O–H groups in total. The van der Waals surface area contributed by atoms with Gasteiger partial charge in [-0.25, -0.2) is 9.97 Å². The highest BCUT2D eigenvalue weighted by Gasteiger charge is 2.17. The largest absolute Gasteiger partial charge is 0.491 e. The first-order chi connectivity index (χ1) is 10.1. The molecule has 0 spiro atoms. The van der Waals surface area contributed by atoms with Crippen LogP contribution < -0.4 is 10.1 Å². The lowest BCUT2D eigenvalue weighted by molar-refractivity contribution is 0.414. The van der Waals surface area contributed by atoms with Crippen LogP contribution >= 0.6 is 0 Å². The van der Waals surface area contributed by atoms with Gasteiger partial charge in [-0.15, -0.1) is 0 Å². The first kappa shape index (κ1) is 15.3. The Balaban J connectivity index is 2.59. The molecule has 112 valence electrons. The number of rotatable bonds is 5. The molecular formula is C17H23N3O. The summed E-state index contributed by atoms with van der Waals surface area (Å²) >= 11 is 0. The van der Waals surface area contributed by atoms with Gasteiger partial charge in [0.05, 0.1) is 7.11 Å². The Labute approximate surface area is 126 Å². The Bertz CT molecular complexity index is 615. The van der Waals surface area contributed by atoms with Crippen molar-refractivity contribution in [1.82, 2.24) is 9.97 Å². The standard InChI is InChI=1S/C17H23N3O/c1-6-7-18-17-16(21-5)15(19-10-20-17)14-12(3)8-11(2)9-13(14)4/h8-10H,6-7H2,1-5H3,(H,18,19,20). The van der Waals surface area contributed by atoms with Gasteiger partial charge in [0.1, 0.15) is 12.0 Å². The van der Waals surface area contributed by atoms with Crippen LogP contribution in [0.4, 0.5) is 5.82 Å². The molecule has 21 heavy (non-hydrogen) atoms. The third kappa shape index (κ3) is 3.15. The quantitative estimate of drug-likeness (QED) is 0.905. The van der Waals surface area contributed by atoms with E-state index in [0.717, 1.165) is 30.0 Å². The van der Waals surface area contributed by atoms with Crippen LogP contribution in [0.3, 0.4) is 0 Å². The minimum absolute atomic E-state index is 0.709. The van der Waals surface area contributed by atoms with Gasteiger partial charge in [0.25, 0.3) is 0 Å². The summed E-state index contributed by atoms with van der Waals surface area (Å²) in [6.45, 7) is 9.30. The van der Waals surface area contributed by atoms with Gasteiger partial charge in [0, 0.05) is 12.1 Å². The third-order valence-corrected chi connectivity index (χ3v) is 3.46. The van der Waals surface area contributed by atoms with Crippen LogP contribution in [0.25, 0.3) is 11.3 Å². The number of anilines is 1. The smallest absolute Gasteiger partial charge is 0.187 e. The first-order valence-corrected chi connectivity index (χ1v) is 7.29. The van der Waals surface area contributed by atoms with Crippen LogP contribution in [0.2, 0.25) is 0 Å². The summed E-state index contributed by atoms with van der Waals surface area (Å²) in [5.41, 5.74) is 5.63. The van der Waals surface area contributed by atoms with Crippen molar-refractivity contribution in [1.29, 1.82) is 0 Å². The Hall–Kier alpha value is -2.10. The Morgan fingerprint density at radius 3 is 2.33 bits per heavy atom. The average molecular weight is 285 g/mol. The van der Waals surface area contributed by atoms with E-state index in [1.807, 2.05) is 0 Å². The molecule has 0 radical (unpaired) electrons. The number of hydrogen-bond acceptors (Lipinski definition) is 4. The topological polar surface area (TPSA) is 47.0 Å². The number of aryl methyl sites for hydroxylation is 3. The third-order valence-electron chi connectivity index (χ3n) is 3.46. The molecule has 0 aliphatic heterocycles. The maximum Gasteiger partial charge on any atom is 0.187 e. The van der Waals surface area contributed by atoms with Crippen LogP contribution in [0, 0.1) is 20.8 Å². The van der Waals surface area contributed by atoms with Gasteiger partial charge < -0.3 is 10.1 Å². The first-order valence-electron chi connectivity index (χ1n) is 7.29. The number of nitrogens with zero attached hydrogens (tertiary/aromatic N) is 2. The van der Waals surface area contributed by atoms with Gasteiger partial charge in [0.15, 0.2) is 11.6 Å². The van der Waals surface area contributed by atoms with E-state index < -0.39 is 0 Å². The number of aromatic nitrogens is 2. The summed E-state index contributed by atoms with van der Waals surface area (Å²) in [5, 5.41) is 3.30. The van der Waals surface area contributed by atoms with Crippen molar-refractivity contribution in [3.05, 3.63) is 35.2 Å². The second kappa shape index (κ2) is 6.57. The molecule has 0 bridgehead atoms. The predicted molar refractivity (Wildman–Crippen MR) is 87.0 cm³/mol. The highest BCUT2D eigenvalue weighted by molar-refractivity contribution is 5.77. The molecule has 0 atom stereocenters. The number of hydrogen-bond donors (Lipinski definition) is 1. The van der Waals surface area contributed by atoms with Crippen LogP contribution in [0.1, 0.15) is 30.0 Å². The second-order valence-corrected chi connectivity index (χ2v) is 5.30. The maximum absolute atomic E-state index is 5.58. The number of benzene rings is 1. The zero-order chi connectivity index (χ0) is 15.4. The Kier molecular flexibility index (Phi) is 4.78. The Morgan fingerprint density at radius 1 is 1.10 bits per heavy atom. The summed E-state index contributed by atoms with van der Waals surface area (Å²) in [6, 6.07) is 4.34. The minimum Gasteiger partial charge on any atom is -0.491 e. The van der Waals surface area contributed by atoms with Gasteiger partial charge in [-0.3, -0.25) is 0 Å². The molecule has 2 rings (SSSR count). The lowest BCUT2D eigenvalue weighted by atomic mass is 9.96. The number of methoxy groups -OCH3 is 1. The summed E-state index contributed by atoms with van der Waals surface area (Å²) < 4.78 is 5.58. The molecule has 4 heteroatoms. The zero-order valence-electron chi connectivity index (χ0n) is 13.4. The van der Waals surface area contributed by atoms with Gasteiger partial charge >= 0.3 is 0 Å². The molecule has 2 aromatic rings. The van der Waals surface area contributed by atoms with Crippen molar-refractivity contribution >= 4 is 5.82 Å². The van der Waals surface area contributed by atoms with Crippen molar-refractivity contribution < 1.29 is 4.74 Å². The van der Waals surface area contributed by atoms with E-state index in [4.69, 9.17) is 4.74 Å². The summed E-state index contributed by atoms with van der Waals surface area (Å²) in [6.07, 6.45) is 2.62. The molecule has 0 unspecified atom stereocenters. The van der Waals surface area contributed by atoms with Crippen molar-refractivity contribution in [3.8, 4) is 17.0 Å². The molecule has 0 aliphatic carbocycles. The maximum atomic E-state index is 5.58. The monoisotopic (exact) mass is 285 g/mol. The lowest BCUT2D eigenvalue weighted by Gasteiger charge is -2.16. The molecule has 0 saturated carbocycles. The molecule has 0 saturated heterocycles. The van der Waals surface area contributed by atoms with E-state index >= 15 is 0 Å². The summed E-state index contributed by atoms with van der Waals surface area (Å²) in [4.78, 5) is 8.77. The molecule has 0 fully saturated rings. The number of nitrogens with one attached hydrogen (secondary N) is 1. The SMILES string of the molecule is CCCNc1ncnc(-c2c(C)cc(C)cc2C)c1OC. The van der Waals surface area contributed by atoms with E-state index in [1.165, 1.54) is 16.7 Å². The molecule has 0 amide bonds. The average Bonchev–Trinajstić information content (AvgIpc) is 2.44. The van der Waals surface area contributed by atoms with Crippen LogP contribution in [-0.4, -0.2) is 23.6 Å². The highest BCUT2D eigenvalue weighted by Crippen LogP contribution is 2.36. The Morgan fingerprint density at radius 2 is 1.76 bits per heavy atom. The van der Waals surface area contributed by atoms with Gasteiger partial charge in [-0.1, -0.05) is 24.6 Å². The molecule has 0 aliphatic rings. The molecule has 1 aromatic carbocycles. The predicted octanol–water partition coefficient (Wildman–Crippen LogP) is 3.90. The fraction of sp³-hybridized carbons (Fsp3) is 0.412. The van der Waals surface area contributed by atoms with Crippen LogP contribution in [0.5, 0.6) is 5.75 Å². The summed E-state index contributed by atoms with van der Waals surface area (Å²) in [5.74, 6) is 1.46. The van der Waals surface area contributed by atoms with Crippen LogP contribution in [-0.2, 0) is 0 Å². The second-order valence-electron chi connectivity index (χ2n) is 5.30. The molecule has 1 aromatic heterocycles. The van der Waals surface area contributed by atoms with Crippen molar-refractivity contribution in [2.75, 3.05) is 19.0 Å². The molecular weight excluding hydrogens is 262 g/mol. The van der Waals surface area contributed by atoms with E-state index in [2.05, 4.69) is 55.1 Å². The van der Waals surface area contributed by atoms with E-state index in [1.54, 1.807) is 13.4 Å². The molecule has 4 nitrogen and oxygen atoms in total. The van der Waals surface area contributed by atoms with E-state index in [-0.39, 0.29) is 0 Å². The van der Waals surface area contributed by atoms with E-state index in [0.29, 0.717) is 5.75 Å². The number of ether oxygens (including phenoxy) is 1. The van der Waals surface area contributed by atoms with Crippen molar-refractivity contribution in [2.45, 2.75) is 34.1 Å². The van der Waals surface area contributed by atoms with Crippen LogP contribution in [0.15, 0.2) is 18.5 Å². The van der Waals surface area contributed by atoms with Crippen molar-refractivity contribution in [3.63, 3.8) is 0 Å².